The highest BCUT2D eigenvalue weighted by molar-refractivity contribution is 6.74. The van der Waals surface area contributed by atoms with Crippen molar-refractivity contribution in [3.8, 4) is 0 Å². The van der Waals surface area contributed by atoms with E-state index in [0.29, 0.717) is 19.0 Å². The molecule has 0 aromatic heterocycles. The molecule has 0 unspecified atom stereocenters. The normalized spacial score (nSPS) is 24.2. The number of carbonyl (C=O) groups excluding carboxylic acids is 1. The molecule has 0 spiro atoms. The lowest BCUT2D eigenvalue weighted by Crippen LogP contribution is -2.43. The van der Waals surface area contributed by atoms with Gasteiger partial charge in [0.1, 0.15) is 12.7 Å². The molecule has 2 atom stereocenters. The van der Waals surface area contributed by atoms with E-state index in [4.69, 9.17) is 13.9 Å². The Bertz CT molecular complexity index is 357. The van der Waals surface area contributed by atoms with Crippen molar-refractivity contribution in [2.45, 2.75) is 51.9 Å². The molecule has 1 rings (SSSR count). The van der Waals surface area contributed by atoms with Gasteiger partial charge < -0.3 is 13.9 Å². The van der Waals surface area contributed by atoms with Crippen LogP contribution in [0.3, 0.4) is 0 Å². The Morgan fingerprint density at radius 3 is 2.53 bits per heavy atom. The van der Waals surface area contributed by atoms with Gasteiger partial charge in [-0.15, -0.1) is 0 Å². The van der Waals surface area contributed by atoms with E-state index in [1.807, 2.05) is 0 Å². The van der Waals surface area contributed by atoms with Gasteiger partial charge in [-0.1, -0.05) is 27.4 Å². The summed E-state index contributed by atoms with van der Waals surface area (Å²) in [5, 5.41) is 0.157. The molecular formula is C14H26O4Si. The standard InChI is InChI=1S/C14H26O4Si/c1-10-12(13(9-16-10)18-11(2)15)8-17-19(6,7)14(3,4)5/h12-13H,1,8-9H2,2-7H3/t12-,13+/m1/s1. The van der Waals surface area contributed by atoms with E-state index < -0.39 is 8.32 Å². The molecule has 1 aliphatic heterocycles. The molecule has 1 aliphatic rings. The quantitative estimate of drug-likeness (QED) is 0.588. The van der Waals surface area contributed by atoms with Gasteiger partial charge in [0.2, 0.25) is 0 Å². The van der Waals surface area contributed by atoms with Crippen molar-refractivity contribution in [1.82, 2.24) is 0 Å². The summed E-state index contributed by atoms with van der Waals surface area (Å²) < 4.78 is 16.8. The Hall–Kier alpha value is -0.813. The molecule has 0 saturated carbocycles. The van der Waals surface area contributed by atoms with Gasteiger partial charge in [0, 0.05) is 13.5 Å². The van der Waals surface area contributed by atoms with Gasteiger partial charge in [0.05, 0.1) is 11.7 Å². The van der Waals surface area contributed by atoms with E-state index in [0.717, 1.165) is 0 Å². The monoisotopic (exact) mass is 286 g/mol. The Labute approximate surface area is 117 Å². The molecule has 0 N–H and O–H groups in total. The maximum atomic E-state index is 11.1. The number of hydrogen-bond acceptors (Lipinski definition) is 4. The fourth-order valence-corrected chi connectivity index (χ4v) is 2.69. The highest BCUT2D eigenvalue weighted by atomic mass is 28.4. The topological polar surface area (TPSA) is 44.8 Å². The van der Waals surface area contributed by atoms with Crippen LogP contribution >= 0.6 is 0 Å². The zero-order chi connectivity index (χ0) is 14.8. The van der Waals surface area contributed by atoms with Crippen molar-refractivity contribution in [1.29, 1.82) is 0 Å². The molecule has 0 aromatic carbocycles. The van der Waals surface area contributed by atoms with E-state index in [1.165, 1.54) is 6.92 Å². The average Bonchev–Trinajstić information content (AvgIpc) is 2.54. The average molecular weight is 286 g/mol. The molecule has 5 heteroatoms. The van der Waals surface area contributed by atoms with Gasteiger partial charge in [-0.3, -0.25) is 4.79 Å². The molecule has 0 bridgehead atoms. The molecule has 0 aliphatic carbocycles. The molecule has 1 saturated heterocycles. The lowest BCUT2D eigenvalue weighted by Gasteiger charge is -2.37. The van der Waals surface area contributed by atoms with Crippen LogP contribution in [0.25, 0.3) is 0 Å². The fourth-order valence-electron chi connectivity index (χ4n) is 1.66. The first-order valence-corrected chi connectivity index (χ1v) is 9.58. The van der Waals surface area contributed by atoms with E-state index in [9.17, 15) is 4.79 Å². The SMILES string of the molecule is C=C1OC[C@H](OC(C)=O)[C@@H]1CO[Si](C)(C)C(C)(C)C. The minimum atomic E-state index is -1.81. The highest BCUT2D eigenvalue weighted by Gasteiger charge is 2.41. The third-order valence-corrected chi connectivity index (χ3v) is 8.54. The predicted molar refractivity (Wildman–Crippen MR) is 77.3 cm³/mol. The maximum absolute atomic E-state index is 11.1. The second-order valence-electron chi connectivity index (χ2n) is 6.60. The molecule has 0 aromatic rings. The summed E-state index contributed by atoms with van der Waals surface area (Å²) in [7, 11) is -1.81. The van der Waals surface area contributed by atoms with Gasteiger partial charge >= 0.3 is 5.97 Å². The summed E-state index contributed by atoms with van der Waals surface area (Å²) in [6.45, 7) is 17.2. The fraction of sp³-hybridized carbons (Fsp3) is 0.786. The summed E-state index contributed by atoms with van der Waals surface area (Å²) in [6.07, 6.45) is -0.269. The van der Waals surface area contributed by atoms with Crippen molar-refractivity contribution < 1.29 is 18.7 Å². The summed E-state index contributed by atoms with van der Waals surface area (Å²) >= 11 is 0. The minimum absolute atomic E-state index is 0.0574. The molecule has 0 radical (unpaired) electrons. The Kier molecular flexibility index (Phi) is 4.85. The van der Waals surface area contributed by atoms with Crippen molar-refractivity contribution in [2.24, 2.45) is 5.92 Å². The van der Waals surface area contributed by atoms with Crippen molar-refractivity contribution in [2.75, 3.05) is 13.2 Å². The largest absolute Gasteiger partial charge is 0.494 e. The molecule has 0 amide bonds. The zero-order valence-electron chi connectivity index (χ0n) is 12.9. The van der Waals surface area contributed by atoms with Gasteiger partial charge in [-0.2, -0.15) is 0 Å². The van der Waals surface area contributed by atoms with Crippen LogP contribution in [0.1, 0.15) is 27.7 Å². The van der Waals surface area contributed by atoms with Crippen molar-refractivity contribution in [3.05, 3.63) is 12.3 Å². The summed E-state index contributed by atoms with van der Waals surface area (Å²) in [4.78, 5) is 11.1. The van der Waals surface area contributed by atoms with Crippen molar-refractivity contribution in [3.63, 3.8) is 0 Å². The first kappa shape index (κ1) is 16.2. The van der Waals surface area contributed by atoms with Crippen LogP contribution in [0.15, 0.2) is 12.3 Å². The van der Waals surface area contributed by atoms with E-state index >= 15 is 0 Å². The molecular weight excluding hydrogens is 260 g/mol. The van der Waals surface area contributed by atoms with Crippen LogP contribution in [-0.4, -0.2) is 33.6 Å². The third kappa shape index (κ3) is 4.08. The maximum Gasteiger partial charge on any atom is 0.303 e. The minimum Gasteiger partial charge on any atom is -0.494 e. The first-order valence-electron chi connectivity index (χ1n) is 6.67. The zero-order valence-corrected chi connectivity index (χ0v) is 13.9. The second-order valence-corrected chi connectivity index (χ2v) is 11.4. The first-order chi connectivity index (χ1) is 8.54. The number of hydrogen-bond donors (Lipinski definition) is 0. The van der Waals surface area contributed by atoms with Gasteiger partial charge in [-0.25, -0.2) is 0 Å². The van der Waals surface area contributed by atoms with E-state index in [1.54, 1.807) is 0 Å². The van der Waals surface area contributed by atoms with Gasteiger partial charge in [0.25, 0.3) is 0 Å². The molecule has 19 heavy (non-hydrogen) atoms. The lowest BCUT2D eigenvalue weighted by atomic mass is 10.1. The Balaban J connectivity index is 2.64. The summed E-state index contributed by atoms with van der Waals surface area (Å²) in [5.41, 5.74) is 0. The molecule has 110 valence electrons. The number of rotatable bonds is 4. The second kappa shape index (κ2) is 5.67. The van der Waals surface area contributed by atoms with Crippen LogP contribution in [0.4, 0.5) is 0 Å². The molecule has 1 fully saturated rings. The van der Waals surface area contributed by atoms with Crippen LogP contribution in [-0.2, 0) is 18.7 Å². The van der Waals surface area contributed by atoms with Gasteiger partial charge in [0.15, 0.2) is 8.32 Å². The van der Waals surface area contributed by atoms with Crippen LogP contribution < -0.4 is 0 Å². The number of ether oxygens (including phenoxy) is 2. The van der Waals surface area contributed by atoms with Crippen LogP contribution in [0.5, 0.6) is 0 Å². The molecule has 1 heterocycles. The van der Waals surface area contributed by atoms with Crippen LogP contribution in [0.2, 0.25) is 18.1 Å². The smallest absolute Gasteiger partial charge is 0.303 e. The van der Waals surface area contributed by atoms with Gasteiger partial charge in [-0.05, 0) is 18.1 Å². The van der Waals surface area contributed by atoms with E-state index in [2.05, 4.69) is 40.4 Å². The van der Waals surface area contributed by atoms with Crippen LogP contribution in [0, 0.1) is 5.92 Å². The van der Waals surface area contributed by atoms with E-state index in [-0.39, 0.29) is 23.0 Å². The Morgan fingerprint density at radius 2 is 2.05 bits per heavy atom. The summed E-state index contributed by atoms with van der Waals surface area (Å²) in [6, 6.07) is 0. The summed E-state index contributed by atoms with van der Waals surface area (Å²) in [5.74, 6) is 0.309. The number of esters is 1. The molecule has 4 nitrogen and oxygen atoms in total. The predicted octanol–water partition coefficient (Wildman–Crippen LogP) is 3.10. The Morgan fingerprint density at radius 1 is 1.47 bits per heavy atom. The van der Waals surface area contributed by atoms with Crippen molar-refractivity contribution >= 4 is 14.3 Å². The number of carbonyl (C=O) groups is 1. The lowest BCUT2D eigenvalue weighted by molar-refractivity contribution is -0.148. The third-order valence-electron chi connectivity index (χ3n) is 4.04. The highest BCUT2D eigenvalue weighted by Crippen LogP contribution is 2.38.